The highest BCUT2D eigenvalue weighted by molar-refractivity contribution is 6.12. The first-order chi connectivity index (χ1) is 10.7. The Hall–Kier alpha value is -2.61. The fraction of sp³-hybridized carbons (Fsp3) is 0.353. The lowest BCUT2D eigenvalue weighted by Gasteiger charge is -2.37. The number of hydrogen-bond acceptors (Lipinski definition) is 4. The summed E-state index contributed by atoms with van der Waals surface area (Å²) in [6.07, 6.45) is 3.84. The second-order valence-corrected chi connectivity index (χ2v) is 5.69. The van der Waals surface area contributed by atoms with Gasteiger partial charge in [-0.1, -0.05) is 43.2 Å². The van der Waals surface area contributed by atoms with E-state index in [0.717, 1.165) is 25.7 Å². The summed E-state index contributed by atoms with van der Waals surface area (Å²) in [6.45, 7) is 0. The predicted octanol–water partition coefficient (Wildman–Crippen LogP) is 1.88. The van der Waals surface area contributed by atoms with Gasteiger partial charge in [-0.3, -0.25) is 9.59 Å². The molecule has 2 aliphatic rings. The Morgan fingerprint density at radius 1 is 1.18 bits per heavy atom. The van der Waals surface area contributed by atoms with E-state index in [1.807, 2.05) is 12.1 Å². The third-order valence-electron chi connectivity index (χ3n) is 4.31. The topological polar surface area (TPSA) is 82.0 Å². The van der Waals surface area contributed by atoms with Crippen LogP contribution in [0.2, 0.25) is 0 Å². The normalized spacial score (nSPS) is 26.0. The number of nitrogens with zero attached hydrogens (tertiary/aromatic N) is 1. The molecule has 112 valence electrons. The lowest BCUT2D eigenvalue weighted by Crippen LogP contribution is -2.55. The van der Waals surface area contributed by atoms with E-state index in [1.165, 1.54) is 0 Å². The highest BCUT2D eigenvalue weighted by atomic mass is 16.2. The van der Waals surface area contributed by atoms with Crippen molar-refractivity contribution in [3.8, 4) is 6.07 Å². The van der Waals surface area contributed by atoms with Crippen LogP contribution in [-0.2, 0) is 4.79 Å². The van der Waals surface area contributed by atoms with Crippen LogP contribution in [0.15, 0.2) is 41.7 Å². The van der Waals surface area contributed by atoms with Gasteiger partial charge in [0.05, 0.1) is 5.92 Å². The molecule has 1 aromatic carbocycles. The number of benzene rings is 1. The van der Waals surface area contributed by atoms with Crippen molar-refractivity contribution in [2.75, 3.05) is 0 Å². The maximum atomic E-state index is 12.5. The largest absolute Gasteiger partial charge is 0.367 e. The molecule has 1 saturated heterocycles. The van der Waals surface area contributed by atoms with Crippen molar-refractivity contribution < 1.29 is 9.59 Å². The van der Waals surface area contributed by atoms with E-state index in [1.54, 1.807) is 24.3 Å². The van der Waals surface area contributed by atoms with Gasteiger partial charge in [-0.2, -0.15) is 5.26 Å². The Labute approximate surface area is 129 Å². The molecular formula is C17H17N3O2. The van der Waals surface area contributed by atoms with Crippen molar-refractivity contribution in [1.29, 1.82) is 5.26 Å². The number of carbonyl (C=O) groups is 2. The first kappa shape index (κ1) is 14.3. The molecule has 1 heterocycles. The molecule has 0 spiro atoms. The molecule has 5 nitrogen and oxygen atoms in total. The summed E-state index contributed by atoms with van der Waals surface area (Å²) in [7, 11) is 0. The third-order valence-corrected chi connectivity index (χ3v) is 4.31. The van der Waals surface area contributed by atoms with Crippen LogP contribution in [0, 0.1) is 17.2 Å². The Balaban J connectivity index is 1.91. The Morgan fingerprint density at radius 2 is 1.91 bits per heavy atom. The van der Waals surface area contributed by atoms with Gasteiger partial charge in [0.1, 0.15) is 17.5 Å². The molecule has 0 bridgehead atoms. The van der Waals surface area contributed by atoms with Gasteiger partial charge in [-0.25, -0.2) is 0 Å². The summed E-state index contributed by atoms with van der Waals surface area (Å²) in [6, 6.07) is 10.6. The second-order valence-electron chi connectivity index (χ2n) is 5.69. The van der Waals surface area contributed by atoms with Crippen LogP contribution in [0.3, 0.4) is 0 Å². The maximum absolute atomic E-state index is 12.5. The molecular weight excluding hydrogens is 278 g/mol. The molecule has 2 atom stereocenters. The predicted molar refractivity (Wildman–Crippen MR) is 80.4 cm³/mol. The zero-order valence-electron chi connectivity index (χ0n) is 12.1. The first-order valence-electron chi connectivity index (χ1n) is 7.52. The molecule has 3 rings (SSSR count). The van der Waals surface area contributed by atoms with Gasteiger partial charge < -0.3 is 10.6 Å². The molecule has 2 N–H and O–H groups in total. The van der Waals surface area contributed by atoms with E-state index in [0.29, 0.717) is 5.56 Å². The van der Waals surface area contributed by atoms with Crippen molar-refractivity contribution in [2.24, 2.45) is 5.92 Å². The van der Waals surface area contributed by atoms with Crippen molar-refractivity contribution in [3.05, 3.63) is 47.3 Å². The number of rotatable bonds is 2. The van der Waals surface area contributed by atoms with E-state index < -0.39 is 0 Å². The van der Waals surface area contributed by atoms with Crippen LogP contribution in [0.5, 0.6) is 0 Å². The average molecular weight is 295 g/mol. The van der Waals surface area contributed by atoms with E-state index in [9.17, 15) is 14.9 Å². The summed E-state index contributed by atoms with van der Waals surface area (Å²) >= 11 is 0. The van der Waals surface area contributed by atoms with E-state index in [2.05, 4.69) is 10.6 Å². The summed E-state index contributed by atoms with van der Waals surface area (Å²) in [5.41, 5.74) is 0.400. The standard InChI is InChI=1S/C17H17N3O2/c18-10-13(15(21)11-6-2-1-3-7-11)16-19-14-9-5-4-8-12(14)17(22)20-16/h1-3,6-7,12,14,19H,4-5,8-9H2,(H,20,22)/b16-13+. The van der Waals surface area contributed by atoms with E-state index in [4.69, 9.17) is 0 Å². The molecule has 1 aromatic rings. The minimum Gasteiger partial charge on any atom is -0.367 e. The summed E-state index contributed by atoms with van der Waals surface area (Å²) in [4.78, 5) is 24.7. The second kappa shape index (κ2) is 6.02. The van der Waals surface area contributed by atoms with Crippen LogP contribution in [0.4, 0.5) is 0 Å². The fourth-order valence-electron chi connectivity index (χ4n) is 3.14. The fourth-order valence-corrected chi connectivity index (χ4v) is 3.14. The number of fused-ring (bicyclic) bond motifs is 1. The molecule has 5 heteroatoms. The van der Waals surface area contributed by atoms with E-state index >= 15 is 0 Å². The number of hydrogen-bond donors (Lipinski definition) is 2. The lowest BCUT2D eigenvalue weighted by molar-refractivity contribution is -0.127. The van der Waals surface area contributed by atoms with Crippen molar-refractivity contribution in [3.63, 3.8) is 0 Å². The van der Waals surface area contributed by atoms with Gasteiger partial charge in [0.2, 0.25) is 11.7 Å². The molecule has 2 unspecified atom stereocenters. The Bertz CT molecular complexity index is 673. The number of Topliss-reactive ketones (excluding diaryl/α,β-unsaturated/α-hetero) is 1. The van der Waals surface area contributed by atoms with Crippen LogP contribution in [0.25, 0.3) is 0 Å². The van der Waals surface area contributed by atoms with Gasteiger partial charge >= 0.3 is 0 Å². The maximum Gasteiger partial charge on any atom is 0.230 e. The zero-order chi connectivity index (χ0) is 15.5. The number of ketones is 1. The summed E-state index contributed by atoms with van der Waals surface area (Å²) < 4.78 is 0. The van der Waals surface area contributed by atoms with Crippen LogP contribution in [-0.4, -0.2) is 17.7 Å². The van der Waals surface area contributed by atoms with Gasteiger partial charge in [0.15, 0.2) is 0 Å². The zero-order valence-corrected chi connectivity index (χ0v) is 12.1. The van der Waals surface area contributed by atoms with Crippen LogP contribution < -0.4 is 10.6 Å². The minimum absolute atomic E-state index is 0.0180. The number of allylic oxidation sites excluding steroid dienone is 1. The average Bonchev–Trinajstić information content (AvgIpc) is 2.56. The van der Waals surface area contributed by atoms with Crippen LogP contribution in [0.1, 0.15) is 36.0 Å². The molecule has 0 aromatic heterocycles. The smallest absolute Gasteiger partial charge is 0.230 e. The highest BCUT2D eigenvalue weighted by Crippen LogP contribution is 2.28. The summed E-state index contributed by atoms with van der Waals surface area (Å²) in [5, 5.41) is 15.3. The Kier molecular flexibility index (Phi) is 3.92. The number of nitriles is 1. The number of amides is 1. The number of nitrogens with one attached hydrogen (secondary N) is 2. The van der Waals surface area contributed by atoms with Gasteiger partial charge in [0, 0.05) is 11.6 Å². The molecule has 1 amide bonds. The summed E-state index contributed by atoms with van der Waals surface area (Å²) in [5.74, 6) is -0.277. The van der Waals surface area contributed by atoms with Gasteiger partial charge in [-0.15, -0.1) is 0 Å². The quantitative estimate of drug-likeness (QED) is 0.496. The van der Waals surface area contributed by atoms with Crippen molar-refractivity contribution >= 4 is 11.7 Å². The van der Waals surface area contributed by atoms with Gasteiger partial charge in [0.25, 0.3) is 0 Å². The Morgan fingerprint density at radius 3 is 2.64 bits per heavy atom. The van der Waals surface area contributed by atoms with E-state index in [-0.39, 0.29) is 35.0 Å². The third kappa shape index (κ3) is 2.60. The molecule has 2 fully saturated rings. The highest BCUT2D eigenvalue weighted by Gasteiger charge is 2.37. The SMILES string of the molecule is N#C/C(C(=O)c1ccccc1)=C1\NC(=O)C2CCCCC2N1. The lowest BCUT2D eigenvalue weighted by atomic mass is 9.82. The van der Waals surface area contributed by atoms with Crippen molar-refractivity contribution in [1.82, 2.24) is 10.6 Å². The van der Waals surface area contributed by atoms with Gasteiger partial charge in [-0.05, 0) is 12.8 Å². The molecule has 22 heavy (non-hydrogen) atoms. The molecule has 1 aliphatic carbocycles. The molecule has 1 aliphatic heterocycles. The monoisotopic (exact) mass is 295 g/mol. The van der Waals surface area contributed by atoms with Crippen LogP contribution >= 0.6 is 0 Å². The number of carbonyl (C=O) groups excluding carboxylic acids is 2. The van der Waals surface area contributed by atoms with Crippen molar-refractivity contribution in [2.45, 2.75) is 31.7 Å². The molecule has 0 radical (unpaired) electrons. The minimum atomic E-state index is -0.375. The molecule has 1 saturated carbocycles. The first-order valence-corrected chi connectivity index (χ1v) is 7.52.